The van der Waals surface area contributed by atoms with Crippen LogP contribution in [-0.4, -0.2) is 23.0 Å². The van der Waals surface area contributed by atoms with Crippen molar-refractivity contribution in [3.05, 3.63) is 46.6 Å². The average Bonchev–Trinajstić information content (AvgIpc) is 2.92. The second-order valence-corrected chi connectivity index (χ2v) is 5.65. The molecular weight excluding hydrogens is 314 g/mol. The summed E-state index contributed by atoms with van der Waals surface area (Å²) in [6, 6.07) is 8.83. The van der Waals surface area contributed by atoms with E-state index in [1.807, 2.05) is 0 Å². The number of hydrogen-bond donors (Lipinski definition) is 0. The monoisotopic (exact) mass is 325 g/mol. The number of thiophene rings is 1. The van der Waals surface area contributed by atoms with Gasteiger partial charge in [-0.15, -0.1) is 11.3 Å². The average molecular weight is 325 g/mol. The zero-order valence-electron chi connectivity index (χ0n) is 12.4. The van der Waals surface area contributed by atoms with Crippen molar-refractivity contribution in [1.82, 2.24) is 9.97 Å². The first-order chi connectivity index (χ1) is 11.1. The van der Waals surface area contributed by atoms with Crippen LogP contribution in [-0.2, 0) is 4.74 Å². The second-order valence-electron chi connectivity index (χ2n) is 4.65. The number of aryl methyl sites for hydroxylation is 1. The zero-order chi connectivity index (χ0) is 16.4. The second kappa shape index (κ2) is 6.02. The van der Waals surface area contributed by atoms with Crippen LogP contribution in [0.2, 0.25) is 0 Å². The van der Waals surface area contributed by atoms with Crippen LogP contribution >= 0.6 is 11.3 Å². The molecule has 0 bridgehead atoms. The molecule has 0 unspecified atom stereocenters. The summed E-state index contributed by atoms with van der Waals surface area (Å²) in [4.78, 5) is 21.3. The molecule has 0 N–H and O–H groups in total. The van der Waals surface area contributed by atoms with E-state index in [4.69, 9.17) is 14.7 Å². The van der Waals surface area contributed by atoms with Crippen molar-refractivity contribution in [3.63, 3.8) is 0 Å². The molecule has 6 nitrogen and oxygen atoms in total. The van der Waals surface area contributed by atoms with E-state index < -0.39 is 5.97 Å². The van der Waals surface area contributed by atoms with Crippen molar-refractivity contribution in [2.75, 3.05) is 7.11 Å². The molecule has 0 spiro atoms. The number of carbonyl (C=O) groups excluding carboxylic acids is 1. The number of benzene rings is 1. The fourth-order valence-electron chi connectivity index (χ4n) is 2.14. The summed E-state index contributed by atoms with van der Waals surface area (Å²) in [5.74, 6) is 0.422. The number of rotatable bonds is 3. The van der Waals surface area contributed by atoms with Gasteiger partial charge in [0.15, 0.2) is 0 Å². The molecule has 0 saturated carbocycles. The van der Waals surface area contributed by atoms with E-state index in [-0.39, 0.29) is 0 Å². The Morgan fingerprint density at radius 1 is 1.35 bits per heavy atom. The third kappa shape index (κ3) is 2.72. The lowest BCUT2D eigenvalue weighted by atomic mass is 10.2. The lowest BCUT2D eigenvalue weighted by Gasteiger charge is -2.06. The highest BCUT2D eigenvalue weighted by Gasteiger charge is 2.20. The number of fused-ring (bicyclic) bond motifs is 1. The van der Waals surface area contributed by atoms with Crippen LogP contribution in [0.25, 0.3) is 10.2 Å². The standard InChI is InChI=1S/C16H11N3O3S/c1-9-12-14(22-11-5-3-4-10(6-11)7-17)18-8-19-15(12)23-13(9)16(20)21-2/h3-6,8H,1-2H3. The van der Waals surface area contributed by atoms with Gasteiger partial charge in [0.25, 0.3) is 0 Å². The Hall–Kier alpha value is -2.98. The van der Waals surface area contributed by atoms with Crippen LogP contribution < -0.4 is 4.74 Å². The fraction of sp³-hybridized carbons (Fsp3) is 0.125. The predicted octanol–water partition coefficient (Wildman–Crippen LogP) is 3.45. The number of nitrogens with zero attached hydrogens (tertiary/aromatic N) is 3. The molecule has 0 atom stereocenters. The molecule has 23 heavy (non-hydrogen) atoms. The normalized spacial score (nSPS) is 10.3. The van der Waals surface area contributed by atoms with Gasteiger partial charge in [0.1, 0.15) is 21.8 Å². The summed E-state index contributed by atoms with van der Waals surface area (Å²) in [5.41, 5.74) is 1.20. The number of carbonyl (C=O) groups is 1. The van der Waals surface area contributed by atoms with Gasteiger partial charge in [0, 0.05) is 0 Å². The van der Waals surface area contributed by atoms with Crippen molar-refractivity contribution < 1.29 is 14.3 Å². The first kappa shape index (κ1) is 14.9. The number of hydrogen-bond acceptors (Lipinski definition) is 7. The van der Waals surface area contributed by atoms with E-state index in [0.29, 0.717) is 37.9 Å². The quantitative estimate of drug-likeness (QED) is 0.686. The van der Waals surface area contributed by atoms with Crippen molar-refractivity contribution in [2.24, 2.45) is 0 Å². The maximum Gasteiger partial charge on any atom is 0.348 e. The van der Waals surface area contributed by atoms with E-state index in [2.05, 4.69) is 16.0 Å². The molecule has 0 aliphatic rings. The third-order valence-electron chi connectivity index (χ3n) is 3.24. The van der Waals surface area contributed by atoms with Gasteiger partial charge in [-0.3, -0.25) is 0 Å². The van der Waals surface area contributed by atoms with Crippen molar-refractivity contribution >= 4 is 27.5 Å². The number of aromatic nitrogens is 2. The Kier molecular flexibility index (Phi) is 3.91. The van der Waals surface area contributed by atoms with Crippen LogP contribution in [0.1, 0.15) is 20.8 Å². The van der Waals surface area contributed by atoms with Crippen LogP contribution in [0.4, 0.5) is 0 Å². The van der Waals surface area contributed by atoms with Gasteiger partial charge in [-0.05, 0) is 30.7 Å². The van der Waals surface area contributed by atoms with Crippen molar-refractivity contribution in [3.8, 4) is 17.7 Å². The molecular formula is C16H11N3O3S. The van der Waals surface area contributed by atoms with Gasteiger partial charge in [0.05, 0.1) is 24.1 Å². The molecule has 2 aromatic heterocycles. The highest BCUT2D eigenvalue weighted by Crippen LogP contribution is 2.36. The molecule has 114 valence electrons. The van der Waals surface area contributed by atoms with E-state index in [0.717, 1.165) is 0 Å². The maximum atomic E-state index is 11.8. The SMILES string of the molecule is COC(=O)c1sc2ncnc(Oc3cccc(C#N)c3)c2c1C. The van der Waals surface area contributed by atoms with Crippen molar-refractivity contribution in [2.45, 2.75) is 6.92 Å². The summed E-state index contributed by atoms with van der Waals surface area (Å²) >= 11 is 1.23. The zero-order valence-corrected chi connectivity index (χ0v) is 13.2. The minimum absolute atomic E-state index is 0.342. The third-order valence-corrected chi connectivity index (χ3v) is 4.42. The Morgan fingerprint density at radius 2 is 2.17 bits per heavy atom. The van der Waals surface area contributed by atoms with Gasteiger partial charge in [-0.25, -0.2) is 14.8 Å². The maximum absolute atomic E-state index is 11.8. The highest BCUT2D eigenvalue weighted by molar-refractivity contribution is 7.20. The fourth-order valence-corrected chi connectivity index (χ4v) is 3.20. The summed E-state index contributed by atoms with van der Waals surface area (Å²) in [7, 11) is 1.34. The summed E-state index contributed by atoms with van der Waals surface area (Å²) in [6.07, 6.45) is 1.38. The molecule has 2 heterocycles. The summed E-state index contributed by atoms with van der Waals surface area (Å²) < 4.78 is 10.6. The Bertz CT molecular complexity index is 943. The lowest BCUT2D eigenvalue weighted by molar-refractivity contribution is 0.0605. The van der Waals surface area contributed by atoms with Crippen molar-refractivity contribution in [1.29, 1.82) is 5.26 Å². The molecule has 0 amide bonds. The summed E-state index contributed by atoms with van der Waals surface area (Å²) in [6.45, 7) is 1.80. The van der Waals surface area contributed by atoms with E-state index in [1.54, 1.807) is 31.2 Å². The molecule has 0 fully saturated rings. The smallest absolute Gasteiger partial charge is 0.348 e. The molecule has 3 rings (SSSR count). The highest BCUT2D eigenvalue weighted by atomic mass is 32.1. The lowest BCUT2D eigenvalue weighted by Crippen LogP contribution is -1.99. The predicted molar refractivity (Wildman–Crippen MR) is 84.7 cm³/mol. The number of esters is 1. The number of nitriles is 1. The molecule has 0 aliphatic heterocycles. The largest absolute Gasteiger partial charge is 0.465 e. The van der Waals surface area contributed by atoms with E-state index in [9.17, 15) is 4.79 Å². The van der Waals surface area contributed by atoms with Crippen LogP contribution in [0.5, 0.6) is 11.6 Å². The minimum atomic E-state index is -0.414. The topological polar surface area (TPSA) is 85.1 Å². The van der Waals surface area contributed by atoms with Gasteiger partial charge < -0.3 is 9.47 Å². The Balaban J connectivity index is 2.09. The van der Waals surface area contributed by atoms with Gasteiger partial charge in [-0.2, -0.15) is 5.26 Å². The molecule has 0 aliphatic carbocycles. The molecule has 1 aromatic carbocycles. The first-order valence-corrected chi connectivity index (χ1v) is 7.46. The Labute approximate surface area is 135 Å². The van der Waals surface area contributed by atoms with Crippen LogP contribution in [0.15, 0.2) is 30.6 Å². The number of ether oxygens (including phenoxy) is 2. The van der Waals surface area contributed by atoms with Gasteiger partial charge in [0.2, 0.25) is 5.88 Å². The van der Waals surface area contributed by atoms with Gasteiger partial charge >= 0.3 is 5.97 Å². The van der Waals surface area contributed by atoms with Gasteiger partial charge in [-0.1, -0.05) is 6.07 Å². The molecule has 7 heteroatoms. The minimum Gasteiger partial charge on any atom is -0.465 e. The number of methoxy groups -OCH3 is 1. The molecule has 0 radical (unpaired) electrons. The van der Waals surface area contributed by atoms with E-state index in [1.165, 1.54) is 24.8 Å². The molecule has 0 saturated heterocycles. The van der Waals surface area contributed by atoms with E-state index >= 15 is 0 Å². The summed E-state index contributed by atoms with van der Waals surface area (Å²) in [5, 5.41) is 9.62. The first-order valence-electron chi connectivity index (χ1n) is 6.64. The van der Waals surface area contributed by atoms with Crippen LogP contribution in [0.3, 0.4) is 0 Å². The van der Waals surface area contributed by atoms with Crippen LogP contribution in [0, 0.1) is 18.3 Å². The Morgan fingerprint density at radius 3 is 2.91 bits per heavy atom. The molecule has 3 aromatic rings.